The third-order valence-electron chi connectivity index (χ3n) is 9.46. The number of anilines is 1. The summed E-state index contributed by atoms with van der Waals surface area (Å²) in [4.78, 5) is 62.7. The van der Waals surface area contributed by atoms with Gasteiger partial charge in [0.1, 0.15) is 12.2 Å². The molecule has 0 aromatic heterocycles. The molecule has 0 spiro atoms. The normalized spacial score (nSPS) is 19.7. The van der Waals surface area contributed by atoms with Crippen LogP contribution in [0.2, 0.25) is 0 Å². The maximum atomic E-state index is 12.9. The highest BCUT2D eigenvalue weighted by molar-refractivity contribution is 7.99. The van der Waals surface area contributed by atoms with Gasteiger partial charge in [-0.2, -0.15) is 23.5 Å². The van der Waals surface area contributed by atoms with Crippen LogP contribution >= 0.6 is 23.5 Å². The van der Waals surface area contributed by atoms with Crippen molar-refractivity contribution in [3.8, 4) is 11.1 Å². The highest BCUT2D eigenvalue weighted by Crippen LogP contribution is 2.34. The van der Waals surface area contributed by atoms with Crippen molar-refractivity contribution >= 4 is 58.8 Å². The number of nitrogens with one attached hydrogen (secondary N) is 4. The van der Waals surface area contributed by atoms with Crippen molar-refractivity contribution in [3.63, 3.8) is 0 Å². The molecule has 4 rings (SSSR count). The number of rotatable bonds is 23. The van der Waals surface area contributed by atoms with Gasteiger partial charge in [-0.1, -0.05) is 49.4 Å². The van der Waals surface area contributed by atoms with Crippen molar-refractivity contribution in [3.05, 3.63) is 89.5 Å². The van der Waals surface area contributed by atoms with Crippen LogP contribution in [0.3, 0.4) is 0 Å². The van der Waals surface area contributed by atoms with Crippen molar-refractivity contribution < 1.29 is 53.9 Å². The lowest BCUT2D eigenvalue weighted by Crippen LogP contribution is -2.68. The lowest BCUT2D eigenvalue weighted by molar-refractivity contribution is -0.310. The first kappa shape index (κ1) is 48.0. The minimum Gasteiger partial charge on any atom is -0.477 e. The minimum atomic E-state index is -2.44. The topological polar surface area (TPSA) is 259 Å². The molecule has 16 nitrogen and oxygen atoms in total. The van der Waals surface area contributed by atoms with Crippen molar-refractivity contribution in [1.29, 1.82) is 0 Å². The molecule has 1 heterocycles. The monoisotopic (exact) mass is 869 g/mol. The number of aliphatic hydroxyl groups excluding tert-OH is 3. The largest absolute Gasteiger partial charge is 0.477 e. The molecule has 4 amide bonds. The number of thioether (sulfide) groups is 2. The Morgan fingerprint density at radius 3 is 2.10 bits per heavy atom. The van der Waals surface area contributed by atoms with Crippen molar-refractivity contribution in [2.45, 2.75) is 69.4 Å². The molecule has 3 aromatic rings. The first-order valence-corrected chi connectivity index (χ1v) is 22.0. The number of carbonyl (C=O) groups is 5. The number of carboxylic acids is 1. The summed E-state index contributed by atoms with van der Waals surface area (Å²) in [6.07, 6.45) is -6.02. The van der Waals surface area contributed by atoms with Gasteiger partial charge < -0.3 is 56.9 Å². The number of carboxylic acid groups (broad SMARTS) is 1. The van der Waals surface area contributed by atoms with E-state index in [1.54, 1.807) is 42.1 Å². The number of ether oxygens (including phenoxy) is 2. The van der Waals surface area contributed by atoms with Gasteiger partial charge in [0.05, 0.1) is 30.4 Å². The van der Waals surface area contributed by atoms with Crippen molar-refractivity contribution in [2.24, 2.45) is 0 Å². The smallest absolute Gasteiger partial charge is 0.364 e. The van der Waals surface area contributed by atoms with E-state index in [-0.39, 0.29) is 23.8 Å². The molecule has 0 bridgehead atoms. The number of amides is 4. The van der Waals surface area contributed by atoms with E-state index in [0.29, 0.717) is 42.1 Å². The molecule has 0 aliphatic carbocycles. The summed E-state index contributed by atoms with van der Waals surface area (Å²) in [6.45, 7) is 3.47. The van der Waals surface area contributed by atoms with Crippen LogP contribution in [-0.4, -0.2) is 136 Å². The second kappa shape index (κ2) is 23.9. The van der Waals surface area contributed by atoms with Crippen LogP contribution in [0.15, 0.2) is 72.8 Å². The highest BCUT2D eigenvalue weighted by atomic mass is 32.2. The summed E-state index contributed by atoms with van der Waals surface area (Å²) in [6, 6.07) is 19.5. The van der Waals surface area contributed by atoms with E-state index in [9.17, 15) is 44.4 Å². The summed E-state index contributed by atoms with van der Waals surface area (Å²) in [7, 11) is 0. The second-order valence-electron chi connectivity index (χ2n) is 14.1. The maximum Gasteiger partial charge on any atom is 0.364 e. The molecule has 0 saturated carbocycles. The molecule has 10 N–H and O–H groups in total. The van der Waals surface area contributed by atoms with Crippen molar-refractivity contribution in [2.75, 3.05) is 55.0 Å². The predicted molar refractivity (Wildman–Crippen MR) is 231 cm³/mol. The van der Waals surface area contributed by atoms with E-state index < -0.39 is 72.9 Å². The fourth-order valence-corrected chi connectivity index (χ4v) is 7.87. The summed E-state index contributed by atoms with van der Waals surface area (Å²) >= 11 is 3.21. The minimum absolute atomic E-state index is 0.137. The van der Waals surface area contributed by atoms with Gasteiger partial charge in [-0.3, -0.25) is 19.2 Å². The van der Waals surface area contributed by atoms with E-state index >= 15 is 0 Å². The molecular weight excluding hydrogens is 815 g/mol. The highest BCUT2D eigenvalue weighted by Gasteiger charge is 2.55. The van der Waals surface area contributed by atoms with Gasteiger partial charge in [-0.05, 0) is 65.8 Å². The van der Waals surface area contributed by atoms with Crippen LogP contribution in [0.5, 0.6) is 0 Å². The molecule has 0 unspecified atom stereocenters. The molecule has 326 valence electrons. The molecule has 1 saturated heterocycles. The average molecular weight is 870 g/mol. The Hall–Kier alpha value is -4.69. The number of nitrogen functional groups attached to an aromatic ring is 1. The summed E-state index contributed by atoms with van der Waals surface area (Å²) in [5.41, 5.74) is 9.01. The molecule has 60 heavy (non-hydrogen) atoms. The number of carbonyl (C=O) groups excluding carboxylic acids is 4. The van der Waals surface area contributed by atoms with Crippen LogP contribution in [0.1, 0.15) is 64.2 Å². The van der Waals surface area contributed by atoms with Crippen LogP contribution in [-0.2, 0) is 19.1 Å². The van der Waals surface area contributed by atoms with Gasteiger partial charge >= 0.3 is 5.97 Å². The molecule has 0 radical (unpaired) electrons. The molecule has 1 fully saturated rings. The summed E-state index contributed by atoms with van der Waals surface area (Å²) < 4.78 is 11.5. The molecule has 18 heteroatoms. The van der Waals surface area contributed by atoms with Gasteiger partial charge in [0, 0.05) is 61.3 Å². The van der Waals surface area contributed by atoms with Crippen LogP contribution in [0.25, 0.3) is 11.1 Å². The fourth-order valence-electron chi connectivity index (χ4n) is 6.36. The van der Waals surface area contributed by atoms with Crippen molar-refractivity contribution in [1.82, 2.24) is 21.3 Å². The number of aliphatic hydroxyl groups is 3. The Morgan fingerprint density at radius 1 is 0.850 bits per heavy atom. The molecule has 6 atom stereocenters. The third kappa shape index (κ3) is 13.9. The first-order chi connectivity index (χ1) is 28.8. The zero-order chi connectivity index (χ0) is 43.7. The Bertz CT molecular complexity index is 1890. The van der Waals surface area contributed by atoms with E-state index in [0.717, 1.165) is 29.1 Å². The Labute approximate surface area is 357 Å². The first-order valence-electron chi connectivity index (χ1n) is 19.7. The van der Waals surface area contributed by atoms with Gasteiger partial charge in [0.25, 0.3) is 23.5 Å². The van der Waals surface area contributed by atoms with Gasteiger partial charge in [0.2, 0.25) is 5.91 Å². The van der Waals surface area contributed by atoms with E-state index in [2.05, 4.69) is 28.2 Å². The number of hydrogen-bond donors (Lipinski definition) is 9. The lowest BCUT2D eigenvalue weighted by atomic mass is 9.88. The zero-order valence-electron chi connectivity index (χ0n) is 33.6. The predicted octanol–water partition coefficient (Wildman–Crippen LogP) is 2.27. The van der Waals surface area contributed by atoms with E-state index in [1.807, 2.05) is 30.3 Å². The van der Waals surface area contributed by atoms with E-state index in [4.69, 9.17) is 15.2 Å². The fraction of sp³-hybridized carbons (Fsp3) is 0.452. The Kier molecular flexibility index (Phi) is 19.1. The molecular formula is C42H55N5O11S2. The SMILES string of the molecule is CCCSCCNC(=O)c1ccc(C(=O)NCCSCCCO[C@]2(C(=O)O)C[C@H](O)[C@@H](NC(C)=O)[C@H]([C@H](O)[C@H](O)CNC(=O)c3ccc(-c4ccccc4)cc3)O2)c(N)c1. The maximum absolute atomic E-state index is 12.9. The number of nitrogens with two attached hydrogens (primary N) is 1. The summed E-state index contributed by atoms with van der Waals surface area (Å²) in [5, 5.41) is 54.0. The van der Waals surface area contributed by atoms with Gasteiger partial charge in [-0.15, -0.1) is 0 Å². The lowest BCUT2D eigenvalue weighted by Gasteiger charge is -2.46. The number of hydrogen-bond acceptors (Lipinski definition) is 13. The number of aliphatic carboxylic acids is 1. The third-order valence-corrected chi connectivity index (χ3v) is 11.7. The van der Waals surface area contributed by atoms with Crippen LogP contribution in [0, 0.1) is 0 Å². The van der Waals surface area contributed by atoms with Gasteiger partial charge in [0.15, 0.2) is 0 Å². The molecule has 1 aliphatic heterocycles. The molecule has 3 aromatic carbocycles. The summed E-state index contributed by atoms with van der Waals surface area (Å²) in [5.74, 6) is -3.02. The second-order valence-corrected chi connectivity index (χ2v) is 16.5. The standard InChI is InChI=1S/C42H55N5O11S2/c1-3-19-59-21-16-44-39(53)30-14-15-31(32(43)23-30)40(54)45-17-22-60-20-7-18-57-42(41(55)56)24-33(49)35(47-26(2)48)37(58-42)36(51)34(50)25-46-38(52)29-12-10-28(11-13-29)27-8-5-4-6-9-27/h4-6,8-15,23,33-37,49-51H,3,7,16-22,24-25,43H2,1-2H3,(H,44,53)(H,45,54)(H,46,52)(H,47,48)(H,55,56)/t33-,34+,35+,36+,37+,42+/m0/s1. The van der Waals surface area contributed by atoms with Crippen LogP contribution < -0.4 is 27.0 Å². The number of benzene rings is 3. The quantitative estimate of drug-likeness (QED) is 0.0490. The average Bonchev–Trinajstić information content (AvgIpc) is 3.24. The van der Waals surface area contributed by atoms with E-state index in [1.165, 1.54) is 30.8 Å². The Morgan fingerprint density at radius 2 is 1.47 bits per heavy atom. The van der Waals surface area contributed by atoms with Crippen LogP contribution in [0.4, 0.5) is 5.69 Å². The van der Waals surface area contributed by atoms with Gasteiger partial charge in [-0.25, -0.2) is 4.79 Å². The molecule has 1 aliphatic rings. The Balaban J connectivity index is 1.24. The zero-order valence-corrected chi connectivity index (χ0v) is 35.3.